The average molecular weight is 318 g/mol. The van der Waals surface area contributed by atoms with Gasteiger partial charge in [0.15, 0.2) is 0 Å². The highest BCUT2D eigenvalue weighted by atomic mass is 35.5. The first-order valence-corrected chi connectivity index (χ1v) is 7.02. The molecule has 0 spiro atoms. The van der Waals surface area contributed by atoms with Crippen molar-refractivity contribution in [2.24, 2.45) is 4.99 Å². The predicted octanol–water partition coefficient (Wildman–Crippen LogP) is 5.06. The Morgan fingerprint density at radius 2 is 2.05 bits per heavy atom. The lowest BCUT2D eigenvalue weighted by molar-refractivity contribution is 0.370. The minimum atomic E-state index is 0.189. The normalized spacial score (nSPS) is 10.6. The Morgan fingerprint density at radius 1 is 1.24 bits per heavy atom. The van der Waals surface area contributed by atoms with Crippen LogP contribution in [0.5, 0.6) is 5.75 Å². The Hall–Kier alpha value is -1.95. The monoisotopic (exact) mass is 317 g/mol. The van der Waals surface area contributed by atoms with E-state index in [1.165, 1.54) is 0 Å². The summed E-state index contributed by atoms with van der Waals surface area (Å²) in [6.07, 6.45) is 6.88. The molecule has 0 bridgehead atoms. The van der Waals surface area contributed by atoms with Gasteiger partial charge in [0.05, 0.1) is 10.7 Å². The maximum atomic E-state index is 6.13. The molecule has 0 aromatic heterocycles. The first-order valence-electron chi connectivity index (χ1n) is 6.27. The largest absolute Gasteiger partial charge is 0.479 e. The number of halogens is 2. The standard InChI is InChI=1S/C17H13Cl2NO/c1-3-9-21-17-8-7-13(10-15(17)19)11-20-16-6-4-5-14(18)12(16)2/h1,4-8,10-11H,9H2,2H3. The molecule has 21 heavy (non-hydrogen) atoms. The van der Waals surface area contributed by atoms with Gasteiger partial charge in [0.25, 0.3) is 0 Å². The smallest absolute Gasteiger partial charge is 0.148 e. The molecule has 0 unspecified atom stereocenters. The molecule has 0 heterocycles. The van der Waals surface area contributed by atoms with Crippen LogP contribution in [0, 0.1) is 19.3 Å². The number of hydrogen-bond donors (Lipinski definition) is 0. The van der Waals surface area contributed by atoms with E-state index in [1.807, 2.05) is 31.2 Å². The maximum absolute atomic E-state index is 6.13. The third kappa shape index (κ3) is 4.01. The van der Waals surface area contributed by atoms with Gasteiger partial charge in [0, 0.05) is 11.2 Å². The summed E-state index contributed by atoms with van der Waals surface area (Å²) in [4.78, 5) is 4.43. The second-order valence-corrected chi connectivity index (χ2v) is 5.14. The molecule has 2 nitrogen and oxygen atoms in total. The van der Waals surface area contributed by atoms with Crippen LogP contribution in [-0.4, -0.2) is 12.8 Å². The van der Waals surface area contributed by atoms with Gasteiger partial charge >= 0.3 is 0 Å². The van der Waals surface area contributed by atoms with E-state index in [9.17, 15) is 0 Å². The van der Waals surface area contributed by atoms with E-state index >= 15 is 0 Å². The number of hydrogen-bond acceptors (Lipinski definition) is 2. The van der Waals surface area contributed by atoms with Crippen LogP contribution < -0.4 is 4.74 Å². The zero-order valence-corrected chi connectivity index (χ0v) is 12.9. The molecular formula is C17H13Cl2NO. The second-order valence-electron chi connectivity index (χ2n) is 4.32. The van der Waals surface area contributed by atoms with Crippen molar-refractivity contribution in [3.8, 4) is 18.1 Å². The fourth-order valence-electron chi connectivity index (χ4n) is 1.71. The Bertz CT molecular complexity index is 717. The molecule has 2 aromatic carbocycles. The molecule has 0 aliphatic carbocycles. The van der Waals surface area contributed by atoms with Crippen molar-refractivity contribution in [3.05, 3.63) is 57.6 Å². The molecule has 0 N–H and O–H groups in total. The third-order valence-corrected chi connectivity index (χ3v) is 3.56. The predicted molar refractivity (Wildman–Crippen MR) is 89.2 cm³/mol. The number of rotatable bonds is 4. The molecular weight excluding hydrogens is 305 g/mol. The van der Waals surface area contributed by atoms with E-state index in [4.69, 9.17) is 34.4 Å². The Morgan fingerprint density at radius 3 is 2.76 bits per heavy atom. The summed E-state index contributed by atoms with van der Waals surface area (Å²) in [6.45, 7) is 2.12. The van der Waals surface area contributed by atoms with Crippen molar-refractivity contribution >= 4 is 35.1 Å². The summed E-state index contributed by atoms with van der Waals surface area (Å²) >= 11 is 12.2. The summed E-state index contributed by atoms with van der Waals surface area (Å²) in [7, 11) is 0. The summed E-state index contributed by atoms with van der Waals surface area (Å²) in [5.41, 5.74) is 2.63. The van der Waals surface area contributed by atoms with Crippen LogP contribution in [0.2, 0.25) is 10.0 Å². The molecule has 0 saturated carbocycles. The Balaban J connectivity index is 2.20. The van der Waals surface area contributed by atoms with Crippen LogP contribution in [0.25, 0.3) is 0 Å². The van der Waals surface area contributed by atoms with Crippen molar-refractivity contribution in [2.45, 2.75) is 6.92 Å². The van der Waals surface area contributed by atoms with Gasteiger partial charge in [-0.1, -0.05) is 35.2 Å². The van der Waals surface area contributed by atoms with Gasteiger partial charge < -0.3 is 4.74 Å². The molecule has 0 saturated heterocycles. The highest BCUT2D eigenvalue weighted by Gasteiger charge is 2.03. The van der Waals surface area contributed by atoms with Crippen molar-refractivity contribution < 1.29 is 4.74 Å². The highest BCUT2D eigenvalue weighted by Crippen LogP contribution is 2.27. The fraction of sp³-hybridized carbons (Fsp3) is 0.118. The van der Waals surface area contributed by atoms with Crippen LogP contribution in [0.3, 0.4) is 0 Å². The molecule has 0 fully saturated rings. The number of aliphatic imine (C=N–C) groups is 1. The fourth-order valence-corrected chi connectivity index (χ4v) is 2.13. The molecule has 0 radical (unpaired) electrons. The molecule has 2 aromatic rings. The van der Waals surface area contributed by atoms with Crippen LogP contribution in [0.15, 0.2) is 41.4 Å². The van der Waals surface area contributed by atoms with Crippen LogP contribution in [0.1, 0.15) is 11.1 Å². The molecule has 4 heteroatoms. The molecule has 106 valence electrons. The van der Waals surface area contributed by atoms with Crippen molar-refractivity contribution in [2.75, 3.05) is 6.61 Å². The van der Waals surface area contributed by atoms with Gasteiger partial charge in [0.1, 0.15) is 12.4 Å². The van der Waals surface area contributed by atoms with E-state index in [2.05, 4.69) is 10.9 Å². The summed E-state index contributed by atoms with van der Waals surface area (Å²) in [5, 5.41) is 1.19. The number of benzene rings is 2. The molecule has 2 rings (SSSR count). The van der Waals surface area contributed by atoms with Gasteiger partial charge in [-0.05, 0) is 48.4 Å². The summed E-state index contributed by atoms with van der Waals surface area (Å²) in [6, 6.07) is 11.0. The van der Waals surface area contributed by atoms with Crippen LogP contribution in [0.4, 0.5) is 5.69 Å². The molecule has 0 aliphatic heterocycles. The SMILES string of the molecule is C#CCOc1ccc(C=Nc2cccc(Cl)c2C)cc1Cl. The van der Waals surface area contributed by atoms with Crippen molar-refractivity contribution in [3.63, 3.8) is 0 Å². The topological polar surface area (TPSA) is 21.6 Å². The highest BCUT2D eigenvalue weighted by molar-refractivity contribution is 6.32. The van der Waals surface area contributed by atoms with E-state index in [1.54, 1.807) is 18.3 Å². The zero-order valence-electron chi connectivity index (χ0n) is 11.4. The number of ether oxygens (including phenoxy) is 1. The maximum Gasteiger partial charge on any atom is 0.148 e. The minimum Gasteiger partial charge on any atom is -0.479 e. The zero-order chi connectivity index (χ0) is 15.2. The molecule has 0 atom stereocenters. The van der Waals surface area contributed by atoms with Crippen molar-refractivity contribution in [1.29, 1.82) is 0 Å². The van der Waals surface area contributed by atoms with E-state index in [0.29, 0.717) is 15.8 Å². The quantitative estimate of drug-likeness (QED) is 0.570. The van der Waals surface area contributed by atoms with Gasteiger partial charge in [0.2, 0.25) is 0 Å². The van der Waals surface area contributed by atoms with Crippen LogP contribution >= 0.6 is 23.2 Å². The van der Waals surface area contributed by atoms with Crippen molar-refractivity contribution in [1.82, 2.24) is 0 Å². The first-order chi connectivity index (χ1) is 10.1. The first kappa shape index (κ1) is 15.4. The third-order valence-electron chi connectivity index (χ3n) is 2.86. The van der Waals surface area contributed by atoms with Crippen LogP contribution in [-0.2, 0) is 0 Å². The number of terminal acetylenes is 1. The molecule has 0 aliphatic rings. The Labute approximate surface area is 134 Å². The Kier molecular flexibility index (Phi) is 5.27. The summed E-state index contributed by atoms with van der Waals surface area (Å²) in [5.74, 6) is 2.96. The van der Waals surface area contributed by atoms with E-state index in [-0.39, 0.29) is 6.61 Å². The van der Waals surface area contributed by atoms with E-state index < -0.39 is 0 Å². The van der Waals surface area contributed by atoms with Gasteiger partial charge in [-0.3, -0.25) is 4.99 Å². The van der Waals surface area contributed by atoms with Gasteiger partial charge in [-0.25, -0.2) is 0 Å². The minimum absolute atomic E-state index is 0.189. The lowest BCUT2D eigenvalue weighted by Crippen LogP contribution is -1.94. The summed E-state index contributed by atoms with van der Waals surface area (Å²) < 4.78 is 5.31. The van der Waals surface area contributed by atoms with Gasteiger partial charge in [-0.15, -0.1) is 6.42 Å². The molecule has 0 amide bonds. The second kappa shape index (κ2) is 7.17. The van der Waals surface area contributed by atoms with Gasteiger partial charge in [-0.2, -0.15) is 0 Å². The average Bonchev–Trinajstić information content (AvgIpc) is 2.48. The number of nitrogens with zero attached hydrogens (tertiary/aromatic N) is 1. The van der Waals surface area contributed by atoms with E-state index in [0.717, 1.165) is 16.8 Å². The lowest BCUT2D eigenvalue weighted by Gasteiger charge is -2.05. The lowest BCUT2D eigenvalue weighted by atomic mass is 10.2.